The standard InChI is InChI=1S/C21H17ClN2O3S/c1-27-16-8-4-14(5-9-16)21(26)12-28-20-18(11-23)17(10-19(25)24(20)21)13-2-6-15(22)7-3-13/h2-9,17,26H,10,12H2,1H3/t17-,21+/m0/s1. The quantitative estimate of drug-likeness (QED) is 0.825. The van der Waals surface area contributed by atoms with E-state index in [9.17, 15) is 15.2 Å². The van der Waals surface area contributed by atoms with Gasteiger partial charge in [-0.2, -0.15) is 5.26 Å². The fourth-order valence-electron chi connectivity index (χ4n) is 3.68. The van der Waals surface area contributed by atoms with Crippen molar-refractivity contribution in [1.82, 2.24) is 4.90 Å². The van der Waals surface area contributed by atoms with Crippen LogP contribution in [0.3, 0.4) is 0 Å². The van der Waals surface area contributed by atoms with Gasteiger partial charge in [-0.1, -0.05) is 35.9 Å². The average Bonchev–Trinajstić information content (AvgIpc) is 3.08. The van der Waals surface area contributed by atoms with Crippen LogP contribution < -0.4 is 4.74 Å². The van der Waals surface area contributed by atoms with Crippen LogP contribution in [-0.4, -0.2) is 28.8 Å². The number of ether oxygens (including phenoxy) is 1. The Balaban J connectivity index is 1.77. The number of nitrogens with zero attached hydrogens (tertiary/aromatic N) is 2. The van der Waals surface area contributed by atoms with Gasteiger partial charge in [0.05, 0.1) is 29.5 Å². The van der Waals surface area contributed by atoms with E-state index in [0.29, 0.717) is 26.9 Å². The third-order valence-electron chi connectivity index (χ3n) is 5.14. The summed E-state index contributed by atoms with van der Waals surface area (Å²) in [5, 5.41) is 22.3. The van der Waals surface area contributed by atoms with Crippen molar-refractivity contribution >= 4 is 29.3 Å². The minimum atomic E-state index is -1.49. The zero-order valence-corrected chi connectivity index (χ0v) is 16.6. The molecular weight excluding hydrogens is 396 g/mol. The molecule has 2 heterocycles. The third kappa shape index (κ3) is 2.96. The number of rotatable bonds is 3. The monoisotopic (exact) mass is 412 g/mol. The highest BCUT2D eigenvalue weighted by molar-refractivity contribution is 8.03. The van der Waals surface area contributed by atoms with Crippen molar-refractivity contribution in [2.24, 2.45) is 0 Å². The van der Waals surface area contributed by atoms with Crippen molar-refractivity contribution in [2.75, 3.05) is 12.9 Å². The number of fused-ring (bicyclic) bond motifs is 1. The number of benzene rings is 2. The Hall–Kier alpha value is -2.46. The summed E-state index contributed by atoms with van der Waals surface area (Å²) >= 11 is 7.30. The molecule has 2 aliphatic rings. The third-order valence-corrected chi connectivity index (χ3v) is 6.61. The van der Waals surface area contributed by atoms with E-state index in [1.807, 2.05) is 12.1 Å². The highest BCUT2D eigenvalue weighted by Crippen LogP contribution is 2.51. The zero-order chi connectivity index (χ0) is 19.9. The van der Waals surface area contributed by atoms with Crippen molar-refractivity contribution in [3.05, 3.63) is 75.3 Å². The molecule has 0 aliphatic carbocycles. The Morgan fingerprint density at radius 1 is 1.25 bits per heavy atom. The van der Waals surface area contributed by atoms with Gasteiger partial charge in [-0.05, 0) is 29.8 Å². The Kier molecular flexibility index (Phi) is 4.84. The van der Waals surface area contributed by atoms with Gasteiger partial charge in [-0.15, -0.1) is 11.8 Å². The molecular formula is C21H17ClN2O3S. The first-order chi connectivity index (χ1) is 13.5. The first kappa shape index (κ1) is 18.9. The molecule has 2 aromatic rings. The number of thioether (sulfide) groups is 1. The van der Waals surface area contributed by atoms with E-state index in [4.69, 9.17) is 16.3 Å². The maximum Gasteiger partial charge on any atom is 0.231 e. The van der Waals surface area contributed by atoms with Crippen LogP contribution in [0.15, 0.2) is 59.1 Å². The van der Waals surface area contributed by atoms with Crippen LogP contribution >= 0.6 is 23.4 Å². The normalized spacial score (nSPS) is 24.1. The lowest BCUT2D eigenvalue weighted by atomic mass is 9.85. The Morgan fingerprint density at radius 2 is 1.93 bits per heavy atom. The van der Waals surface area contributed by atoms with Crippen LogP contribution in [0.4, 0.5) is 0 Å². The van der Waals surface area contributed by atoms with Gasteiger partial charge in [0.2, 0.25) is 5.91 Å². The van der Waals surface area contributed by atoms with Crippen LogP contribution in [0.5, 0.6) is 5.75 Å². The summed E-state index contributed by atoms with van der Waals surface area (Å²) in [6, 6.07) is 16.4. The number of nitriles is 1. The lowest BCUT2D eigenvalue weighted by Gasteiger charge is -2.38. The van der Waals surface area contributed by atoms with E-state index >= 15 is 0 Å². The molecule has 2 aliphatic heterocycles. The molecule has 0 saturated carbocycles. The van der Waals surface area contributed by atoms with Crippen LogP contribution in [0.25, 0.3) is 0 Å². The smallest absolute Gasteiger partial charge is 0.231 e. The van der Waals surface area contributed by atoms with E-state index in [1.165, 1.54) is 16.7 Å². The molecule has 7 heteroatoms. The van der Waals surface area contributed by atoms with Gasteiger partial charge >= 0.3 is 0 Å². The predicted molar refractivity (Wildman–Crippen MR) is 108 cm³/mol. The van der Waals surface area contributed by atoms with Crippen LogP contribution in [0, 0.1) is 11.3 Å². The molecule has 0 unspecified atom stereocenters. The summed E-state index contributed by atoms with van der Waals surface area (Å²) in [6.07, 6.45) is 0.118. The van der Waals surface area contributed by atoms with Gasteiger partial charge in [-0.3, -0.25) is 9.69 Å². The zero-order valence-electron chi connectivity index (χ0n) is 15.1. The van der Waals surface area contributed by atoms with Crippen molar-refractivity contribution in [3.8, 4) is 11.8 Å². The molecule has 2 aromatic carbocycles. The van der Waals surface area contributed by atoms with E-state index in [1.54, 1.807) is 43.5 Å². The highest BCUT2D eigenvalue weighted by Gasteiger charge is 2.51. The summed E-state index contributed by atoms with van der Waals surface area (Å²) in [4.78, 5) is 14.4. The molecule has 0 bridgehead atoms. The van der Waals surface area contributed by atoms with Gasteiger partial charge < -0.3 is 9.84 Å². The van der Waals surface area contributed by atoms with Gasteiger partial charge in [0, 0.05) is 22.9 Å². The molecule has 5 nitrogen and oxygen atoms in total. The molecule has 0 spiro atoms. The number of carbonyl (C=O) groups is 1. The molecule has 1 N–H and O–H groups in total. The lowest BCUT2D eigenvalue weighted by molar-refractivity contribution is -0.149. The lowest BCUT2D eigenvalue weighted by Crippen LogP contribution is -2.48. The number of methoxy groups -OCH3 is 1. The predicted octanol–water partition coefficient (Wildman–Crippen LogP) is 3.99. The second-order valence-electron chi connectivity index (χ2n) is 6.70. The van der Waals surface area contributed by atoms with Crippen LogP contribution in [0.1, 0.15) is 23.5 Å². The van der Waals surface area contributed by atoms with E-state index in [0.717, 1.165) is 5.56 Å². The van der Waals surface area contributed by atoms with E-state index < -0.39 is 5.72 Å². The summed E-state index contributed by atoms with van der Waals surface area (Å²) in [5.74, 6) is 0.377. The number of aliphatic hydroxyl groups is 1. The first-order valence-corrected chi connectivity index (χ1v) is 10.1. The molecule has 0 radical (unpaired) electrons. The molecule has 28 heavy (non-hydrogen) atoms. The van der Waals surface area contributed by atoms with Gasteiger partial charge in [0.15, 0.2) is 5.72 Å². The maximum atomic E-state index is 13.1. The second kappa shape index (κ2) is 7.17. The number of halogens is 1. The Morgan fingerprint density at radius 3 is 2.54 bits per heavy atom. The molecule has 1 saturated heterocycles. The van der Waals surface area contributed by atoms with E-state index in [-0.39, 0.29) is 24.0 Å². The maximum absolute atomic E-state index is 13.1. The number of hydrogen-bond acceptors (Lipinski definition) is 5. The molecule has 1 amide bonds. The number of hydrogen-bond donors (Lipinski definition) is 1. The fraction of sp³-hybridized carbons (Fsp3) is 0.238. The van der Waals surface area contributed by atoms with E-state index in [2.05, 4.69) is 6.07 Å². The topological polar surface area (TPSA) is 73.6 Å². The summed E-state index contributed by atoms with van der Waals surface area (Å²) < 4.78 is 5.17. The summed E-state index contributed by atoms with van der Waals surface area (Å²) in [6.45, 7) is 0. The molecule has 142 valence electrons. The van der Waals surface area contributed by atoms with Crippen molar-refractivity contribution in [2.45, 2.75) is 18.1 Å². The second-order valence-corrected chi connectivity index (χ2v) is 8.10. The van der Waals surface area contributed by atoms with Crippen molar-refractivity contribution in [1.29, 1.82) is 5.26 Å². The van der Waals surface area contributed by atoms with Gasteiger partial charge in [-0.25, -0.2) is 0 Å². The average molecular weight is 413 g/mol. The minimum absolute atomic E-state index is 0.118. The van der Waals surface area contributed by atoms with Crippen molar-refractivity contribution in [3.63, 3.8) is 0 Å². The summed E-state index contributed by atoms with van der Waals surface area (Å²) in [7, 11) is 1.57. The Labute approximate surface area is 172 Å². The largest absolute Gasteiger partial charge is 0.497 e. The van der Waals surface area contributed by atoms with Crippen LogP contribution in [0.2, 0.25) is 5.02 Å². The van der Waals surface area contributed by atoms with Gasteiger partial charge in [0.1, 0.15) is 5.75 Å². The fourth-order valence-corrected chi connectivity index (χ4v) is 5.16. The number of carbonyl (C=O) groups excluding carboxylic acids is 1. The molecule has 1 fully saturated rings. The van der Waals surface area contributed by atoms with Gasteiger partial charge in [0.25, 0.3) is 0 Å². The molecule has 4 rings (SSSR count). The van der Waals surface area contributed by atoms with Crippen LogP contribution in [-0.2, 0) is 10.5 Å². The number of amides is 1. The molecule has 0 aromatic heterocycles. The first-order valence-electron chi connectivity index (χ1n) is 8.70. The molecule has 2 atom stereocenters. The highest BCUT2D eigenvalue weighted by atomic mass is 35.5. The summed E-state index contributed by atoms with van der Waals surface area (Å²) in [5.41, 5.74) is 0.459. The minimum Gasteiger partial charge on any atom is -0.497 e. The Bertz CT molecular complexity index is 998. The van der Waals surface area contributed by atoms with Crippen molar-refractivity contribution < 1.29 is 14.6 Å². The number of allylic oxidation sites excluding steroid dienone is 1. The SMILES string of the molecule is COc1ccc([C@]2(O)CSC3=C(C#N)[C@H](c4ccc(Cl)cc4)CC(=O)N32)cc1.